The fraction of sp³-hybridized carbons (Fsp3) is 0.547. The molecule has 18 heteroatoms. The molecule has 3 fully saturated rings. The first-order valence-electron chi connectivity index (χ1n) is 25.4. The summed E-state index contributed by atoms with van der Waals surface area (Å²) in [5, 5.41) is 30.4. The van der Waals surface area contributed by atoms with E-state index in [1.807, 2.05) is 69.6 Å². The summed E-state index contributed by atoms with van der Waals surface area (Å²) in [5.74, 6) is 0.527. The molecule has 380 valence electrons. The zero-order chi connectivity index (χ0) is 50.4. The number of hydrogen-bond donors (Lipinski definition) is 3. The normalized spacial score (nSPS) is 22.2. The Bertz CT molecular complexity index is 2670. The minimum Gasteiger partial charge on any atom is -0.507 e. The number of aryl methyl sites for hydroxylation is 1. The van der Waals surface area contributed by atoms with E-state index >= 15 is 0 Å². The monoisotopic (exact) mass is 1000 g/mol. The van der Waals surface area contributed by atoms with E-state index in [0.717, 1.165) is 85.4 Å². The Balaban J connectivity index is 0.815. The van der Waals surface area contributed by atoms with Crippen molar-refractivity contribution in [1.29, 1.82) is 0 Å². The second-order valence-electron chi connectivity index (χ2n) is 22.0. The fourth-order valence-electron chi connectivity index (χ4n) is 10.6. The largest absolute Gasteiger partial charge is 0.507 e. The van der Waals surface area contributed by atoms with Gasteiger partial charge in [-0.25, -0.2) is 4.98 Å². The number of para-hydroxylation sites is 1. The van der Waals surface area contributed by atoms with E-state index in [4.69, 9.17) is 13.7 Å². The Morgan fingerprint density at radius 3 is 2.48 bits per heavy atom. The smallest absolute Gasteiger partial charge is 0.254 e. The number of carbonyl (C=O) groups excluding carboxylic acids is 2. The average molecular weight is 1010 g/mol. The van der Waals surface area contributed by atoms with Crippen LogP contribution >= 0.6 is 11.3 Å². The van der Waals surface area contributed by atoms with Crippen LogP contribution in [0.3, 0.4) is 0 Å². The van der Waals surface area contributed by atoms with Gasteiger partial charge in [-0.05, 0) is 92.3 Å². The van der Waals surface area contributed by atoms with E-state index in [9.17, 15) is 14.7 Å². The molecule has 4 aliphatic rings. The molecule has 7 atom stereocenters. The van der Waals surface area contributed by atoms with Crippen molar-refractivity contribution in [3.05, 3.63) is 83.2 Å². The first kappa shape index (κ1) is 50.5. The van der Waals surface area contributed by atoms with Crippen molar-refractivity contribution in [2.45, 2.75) is 129 Å². The van der Waals surface area contributed by atoms with Gasteiger partial charge in [-0.2, -0.15) is 0 Å². The summed E-state index contributed by atoms with van der Waals surface area (Å²) in [7, 11) is -2.23. The Hall–Kier alpha value is -5.40. The highest BCUT2D eigenvalue weighted by atomic mass is 32.1. The quantitative estimate of drug-likeness (QED) is 0.0854. The molecule has 0 saturated carbocycles. The van der Waals surface area contributed by atoms with Crippen LogP contribution in [0.25, 0.3) is 21.7 Å². The van der Waals surface area contributed by atoms with Crippen molar-refractivity contribution in [2.24, 2.45) is 5.92 Å². The van der Waals surface area contributed by atoms with E-state index in [0.29, 0.717) is 47.9 Å². The zero-order valence-electron chi connectivity index (χ0n) is 43.0. The molecule has 2 amide bonds. The number of fused-ring (bicyclic) bond motifs is 3. The highest BCUT2D eigenvalue weighted by Crippen LogP contribution is 2.41. The van der Waals surface area contributed by atoms with Crippen molar-refractivity contribution >= 4 is 43.0 Å². The van der Waals surface area contributed by atoms with Gasteiger partial charge in [0.15, 0.2) is 19.9 Å². The zero-order valence-corrected chi connectivity index (χ0v) is 44.8. The number of nitrogens with zero attached hydrogens (tertiary/aromatic N) is 8. The number of ether oxygens (including phenoxy) is 1. The fourth-order valence-corrected chi connectivity index (χ4v) is 12.8. The second-order valence-corrected chi connectivity index (χ2v) is 27.6. The van der Waals surface area contributed by atoms with Gasteiger partial charge in [-0.1, -0.05) is 71.0 Å². The number of rotatable bonds is 15. The summed E-state index contributed by atoms with van der Waals surface area (Å²) in [6.45, 7) is 27.6. The van der Waals surface area contributed by atoms with Gasteiger partial charge in [0.1, 0.15) is 23.8 Å². The molecule has 0 radical (unpaired) electrons. The molecule has 0 spiro atoms. The van der Waals surface area contributed by atoms with Crippen LogP contribution in [0.1, 0.15) is 90.3 Å². The van der Waals surface area contributed by atoms with Crippen LogP contribution < -0.4 is 20.3 Å². The lowest BCUT2D eigenvalue weighted by Crippen LogP contribution is -2.60. The molecule has 4 unspecified atom stereocenters. The maximum Gasteiger partial charge on any atom is 0.254 e. The maximum atomic E-state index is 14.9. The SMILES string of the molecule is Cc1ncsc1-c1ccc(C(C)NC(=O)[C@@H]2C[C@@H](O[Si](C)(C)C(C)(C)C)CN2C(=O)C(c2cc(OC(C)CN3CCC(N4CCN5c6cc(-c7ccccc7O)nnc6NC[C@H]5C4)C3)no2)C(C)C)cc1. The molecule has 0 aliphatic carbocycles. The van der Waals surface area contributed by atoms with Gasteiger partial charge in [0.2, 0.25) is 11.8 Å². The van der Waals surface area contributed by atoms with Gasteiger partial charge in [0.25, 0.3) is 5.88 Å². The van der Waals surface area contributed by atoms with Crippen molar-refractivity contribution in [3.63, 3.8) is 0 Å². The van der Waals surface area contributed by atoms with Crippen LogP contribution in [-0.4, -0.2) is 143 Å². The Kier molecular flexibility index (Phi) is 14.7. The summed E-state index contributed by atoms with van der Waals surface area (Å²) >= 11 is 1.61. The van der Waals surface area contributed by atoms with Crippen molar-refractivity contribution in [2.75, 3.05) is 62.6 Å². The summed E-state index contributed by atoms with van der Waals surface area (Å²) in [6.07, 6.45) is 1.03. The maximum absolute atomic E-state index is 14.9. The van der Waals surface area contributed by atoms with Crippen LogP contribution in [0.15, 0.2) is 70.7 Å². The molecular formula is C53H72N10O6SSi. The number of phenols is 1. The van der Waals surface area contributed by atoms with Gasteiger partial charge in [-0.15, -0.1) is 21.5 Å². The third-order valence-electron chi connectivity index (χ3n) is 15.5. The molecule has 9 rings (SSSR count). The molecule has 71 heavy (non-hydrogen) atoms. The first-order valence-corrected chi connectivity index (χ1v) is 29.2. The molecule has 16 nitrogen and oxygen atoms in total. The predicted molar refractivity (Wildman–Crippen MR) is 280 cm³/mol. The third kappa shape index (κ3) is 10.9. The van der Waals surface area contributed by atoms with Gasteiger partial charge in [-0.3, -0.25) is 19.4 Å². The molecule has 7 heterocycles. The number of thiazole rings is 1. The van der Waals surface area contributed by atoms with Crippen LogP contribution in [0.5, 0.6) is 11.6 Å². The second kappa shape index (κ2) is 20.6. The van der Waals surface area contributed by atoms with Crippen LogP contribution in [0.4, 0.5) is 11.5 Å². The third-order valence-corrected chi connectivity index (χ3v) is 21.0. The predicted octanol–water partition coefficient (Wildman–Crippen LogP) is 8.34. The molecule has 3 saturated heterocycles. The molecule has 5 aromatic rings. The lowest BCUT2D eigenvalue weighted by atomic mass is 9.91. The number of likely N-dealkylation sites (tertiary alicyclic amines) is 2. The highest BCUT2D eigenvalue weighted by Gasteiger charge is 2.48. The number of nitrogens with one attached hydrogen (secondary N) is 2. The number of benzene rings is 2. The van der Waals surface area contributed by atoms with E-state index in [1.54, 1.807) is 28.4 Å². The van der Waals surface area contributed by atoms with Crippen molar-refractivity contribution in [3.8, 4) is 33.3 Å². The standard InChI is InChI=1S/C53H72N10O6SSi/c1-32(2)48(52(66)63-30-40(69-71(9,10)53(6,7)8)23-44(63)51(65)56-34(4)36-15-17-37(18-16-36)49-35(5)55-31-70-49)46-25-47(59-68-46)67-33(3)27-60-20-19-38(28-60)61-21-22-62-39(29-61)26-54-50-43(62)24-42(57-58-50)41-13-11-12-14-45(41)64/h11-18,24-25,31-34,38-40,44,48,64H,19-23,26-30H2,1-10H3,(H,54,58)(H,56,65)/t33?,34?,38?,39-,40+,44-,48?/m0/s1. The van der Waals surface area contributed by atoms with Gasteiger partial charge in [0, 0.05) is 69.9 Å². The summed E-state index contributed by atoms with van der Waals surface area (Å²) < 4.78 is 19.2. The molecular weight excluding hydrogens is 933 g/mol. The first-order chi connectivity index (χ1) is 33.8. The number of carbonyl (C=O) groups is 2. The topological polar surface area (TPSA) is 175 Å². The highest BCUT2D eigenvalue weighted by molar-refractivity contribution is 7.13. The van der Waals surface area contributed by atoms with E-state index in [-0.39, 0.29) is 46.8 Å². The number of anilines is 2. The minimum atomic E-state index is -2.23. The van der Waals surface area contributed by atoms with Gasteiger partial charge < -0.3 is 39.2 Å². The van der Waals surface area contributed by atoms with Crippen LogP contribution in [0.2, 0.25) is 18.1 Å². The van der Waals surface area contributed by atoms with Crippen molar-refractivity contribution in [1.82, 2.24) is 40.4 Å². The molecule has 3 N–H and O–H groups in total. The van der Waals surface area contributed by atoms with E-state index < -0.39 is 20.3 Å². The number of aromatic hydroxyl groups is 1. The molecule has 4 aliphatic heterocycles. The Morgan fingerprint density at radius 1 is 0.986 bits per heavy atom. The number of hydrogen-bond acceptors (Lipinski definition) is 15. The average Bonchev–Trinajstić information content (AvgIpc) is 4.17. The van der Waals surface area contributed by atoms with E-state index in [1.165, 1.54) is 0 Å². The van der Waals surface area contributed by atoms with Crippen LogP contribution in [-0.2, 0) is 14.0 Å². The van der Waals surface area contributed by atoms with Gasteiger partial charge >= 0.3 is 0 Å². The number of piperazine rings is 1. The summed E-state index contributed by atoms with van der Waals surface area (Å²) in [6, 6.07) is 19.0. The number of aromatic nitrogens is 4. The van der Waals surface area contributed by atoms with Crippen molar-refractivity contribution < 1.29 is 28.4 Å². The molecule has 3 aromatic heterocycles. The lowest BCUT2D eigenvalue weighted by Gasteiger charge is -2.47. The Labute approximate surface area is 423 Å². The summed E-state index contributed by atoms with van der Waals surface area (Å²) in [5.41, 5.74) is 7.29. The number of phenolic OH excluding ortho intramolecular Hbond substituents is 1. The number of amides is 2. The van der Waals surface area contributed by atoms with E-state index in [2.05, 4.69) is 98.6 Å². The van der Waals surface area contributed by atoms with Crippen LogP contribution in [0, 0.1) is 12.8 Å². The molecule has 2 aromatic carbocycles. The molecule has 0 bridgehead atoms. The lowest BCUT2D eigenvalue weighted by molar-refractivity contribution is -0.141. The minimum absolute atomic E-state index is 0.0411. The summed E-state index contributed by atoms with van der Waals surface area (Å²) in [4.78, 5) is 44.1. The van der Waals surface area contributed by atoms with Gasteiger partial charge in [0.05, 0.1) is 45.7 Å². The Morgan fingerprint density at radius 2 is 1.76 bits per heavy atom.